The lowest BCUT2D eigenvalue weighted by Gasteiger charge is -2.11. The van der Waals surface area contributed by atoms with Crippen LogP contribution in [0.25, 0.3) is 0 Å². The largest absolute Gasteiger partial charge is 0.497 e. The van der Waals surface area contributed by atoms with Crippen LogP contribution in [0.1, 0.15) is 4.88 Å². The molecule has 1 aromatic heterocycles. The minimum Gasteiger partial charge on any atom is -0.497 e. The van der Waals surface area contributed by atoms with Crippen molar-refractivity contribution in [3.63, 3.8) is 0 Å². The van der Waals surface area contributed by atoms with Gasteiger partial charge in [-0.1, -0.05) is 11.6 Å². The summed E-state index contributed by atoms with van der Waals surface area (Å²) in [6, 6.07) is 5.63. The molecule has 0 unspecified atom stereocenters. The molecule has 6 heteroatoms. The molecule has 96 valence electrons. The molecule has 0 aliphatic heterocycles. The van der Waals surface area contributed by atoms with Gasteiger partial charge in [0, 0.05) is 17.1 Å². The van der Waals surface area contributed by atoms with Crippen molar-refractivity contribution in [2.24, 2.45) is 0 Å². The average molecular weight is 285 g/mol. The summed E-state index contributed by atoms with van der Waals surface area (Å²) in [4.78, 5) is 5.06. The highest BCUT2D eigenvalue weighted by Crippen LogP contribution is 2.29. The number of halogens is 1. The van der Waals surface area contributed by atoms with Crippen LogP contribution in [0.5, 0.6) is 11.5 Å². The molecule has 0 bridgehead atoms. The summed E-state index contributed by atoms with van der Waals surface area (Å²) >= 11 is 7.23. The van der Waals surface area contributed by atoms with Crippen LogP contribution < -0.4 is 14.8 Å². The summed E-state index contributed by atoms with van der Waals surface area (Å²) in [5.41, 5.74) is 0.905. The molecule has 0 fully saturated rings. The highest BCUT2D eigenvalue weighted by atomic mass is 35.5. The summed E-state index contributed by atoms with van der Waals surface area (Å²) < 4.78 is 11.0. The lowest BCUT2D eigenvalue weighted by Crippen LogP contribution is -2.00. The molecule has 0 amide bonds. The number of hydrogen-bond acceptors (Lipinski definition) is 5. The Labute approximate surface area is 115 Å². The fourth-order valence-electron chi connectivity index (χ4n) is 1.49. The number of aromatic nitrogens is 1. The maximum absolute atomic E-state index is 5.78. The van der Waals surface area contributed by atoms with Crippen molar-refractivity contribution in [3.05, 3.63) is 33.7 Å². The van der Waals surface area contributed by atoms with Gasteiger partial charge in [0.15, 0.2) is 4.47 Å². The molecule has 0 saturated heterocycles. The van der Waals surface area contributed by atoms with Gasteiger partial charge >= 0.3 is 0 Å². The van der Waals surface area contributed by atoms with E-state index >= 15 is 0 Å². The molecule has 2 aromatic rings. The first-order chi connectivity index (χ1) is 8.72. The number of anilines is 1. The second-order valence-electron chi connectivity index (χ2n) is 3.50. The molecule has 0 aliphatic carbocycles. The highest BCUT2D eigenvalue weighted by Gasteiger charge is 2.05. The van der Waals surface area contributed by atoms with E-state index in [1.807, 2.05) is 18.2 Å². The van der Waals surface area contributed by atoms with Gasteiger partial charge in [0.1, 0.15) is 11.5 Å². The fraction of sp³-hybridized carbons (Fsp3) is 0.250. The Bertz CT molecular complexity index is 531. The van der Waals surface area contributed by atoms with Gasteiger partial charge in [-0.25, -0.2) is 4.98 Å². The topological polar surface area (TPSA) is 43.4 Å². The molecule has 2 rings (SSSR count). The van der Waals surface area contributed by atoms with Crippen molar-refractivity contribution in [2.45, 2.75) is 6.54 Å². The van der Waals surface area contributed by atoms with E-state index in [4.69, 9.17) is 21.1 Å². The van der Waals surface area contributed by atoms with Crippen LogP contribution >= 0.6 is 22.9 Å². The Hall–Kier alpha value is -1.46. The predicted octanol–water partition coefficient (Wildman–Crippen LogP) is 3.43. The second-order valence-corrected chi connectivity index (χ2v) is 5.20. The molecular formula is C12H13ClN2O2S. The molecule has 0 saturated carbocycles. The van der Waals surface area contributed by atoms with Crippen molar-refractivity contribution < 1.29 is 9.47 Å². The van der Waals surface area contributed by atoms with Gasteiger partial charge in [0.2, 0.25) is 0 Å². The van der Waals surface area contributed by atoms with E-state index in [1.165, 1.54) is 11.3 Å². The van der Waals surface area contributed by atoms with Crippen LogP contribution in [-0.4, -0.2) is 19.2 Å². The van der Waals surface area contributed by atoms with Gasteiger partial charge in [0.05, 0.1) is 26.5 Å². The Kier molecular flexibility index (Phi) is 4.28. The van der Waals surface area contributed by atoms with Gasteiger partial charge in [-0.15, -0.1) is 11.3 Å². The van der Waals surface area contributed by atoms with Crippen LogP contribution in [0.3, 0.4) is 0 Å². The van der Waals surface area contributed by atoms with E-state index in [0.29, 0.717) is 11.0 Å². The lowest BCUT2D eigenvalue weighted by molar-refractivity contribution is 0.395. The molecule has 1 N–H and O–H groups in total. The predicted molar refractivity (Wildman–Crippen MR) is 74.0 cm³/mol. The first kappa shape index (κ1) is 13.0. The van der Waals surface area contributed by atoms with Crippen molar-refractivity contribution in [1.29, 1.82) is 0 Å². The van der Waals surface area contributed by atoms with Crippen molar-refractivity contribution in [2.75, 3.05) is 19.5 Å². The molecule has 18 heavy (non-hydrogen) atoms. The molecule has 0 radical (unpaired) electrons. The second kappa shape index (κ2) is 5.93. The third-order valence-corrected chi connectivity index (χ3v) is 3.50. The molecule has 0 aliphatic rings. The monoisotopic (exact) mass is 284 g/mol. The summed E-state index contributed by atoms with van der Waals surface area (Å²) in [5, 5.41) is 3.28. The maximum Gasteiger partial charge on any atom is 0.183 e. The van der Waals surface area contributed by atoms with Crippen LogP contribution in [0.4, 0.5) is 5.69 Å². The Morgan fingerprint density at radius 3 is 2.78 bits per heavy atom. The summed E-state index contributed by atoms with van der Waals surface area (Å²) in [5.74, 6) is 1.50. The van der Waals surface area contributed by atoms with E-state index in [2.05, 4.69) is 10.3 Å². The standard InChI is InChI=1S/C12H13ClN2O2S/c1-16-8-3-4-10(11(5-8)17-2)14-6-9-7-15-12(13)18-9/h3-5,7,14H,6H2,1-2H3. The van der Waals surface area contributed by atoms with E-state index in [-0.39, 0.29) is 0 Å². The third kappa shape index (κ3) is 3.05. The Morgan fingerprint density at radius 1 is 1.33 bits per heavy atom. The van der Waals surface area contributed by atoms with E-state index in [1.54, 1.807) is 20.4 Å². The molecule has 0 atom stereocenters. The van der Waals surface area contributed by atoms with Gasteiger partial charge < -0.3 is 14.8 Å². The molecule has 1 heterocycles. The van der Waals surface area contributed by atoms with E-state index in [0.717, 1.165) is 22.1 Å². The molecule has 1 aromatic carbocycles. The van der Waals surface area contributed by atoms with Crippen molar-refractivity contribution in [1.82, 2.24) is 4.98 Å². The summed E-state index contributed by atoms with van der Waals surface area (Å²) in [7, 11) is 3.25. The highest BCUT2D eigenvalue weighted by molar-refractivity contribution is 7.15. The average Bonchev–Trinajstić information content (AvgIpc) is 2.82. The smallest absolute Gasteiger partial charge is 0.183 e. The van der Waals surface area contributed by atoms with Gasteiger partial charge in [-0.2, -0.15) is 0 Å². The van der Waals surface area contributed by atoms with Gasteiger partial charge in [0.25, 0.3) is 0 Å². The third-order valence-electron chi connectivity index (χ3n) is 2.39. The number of ether oxygens (including phenoxy) is 2. The van der Waals surface area contributed by atoms with Crippen molar-refractivity contribution in [3.8, 4) is 11.5 Å². The number of benzene rings is 1. The zero-order chi connectivity index (χ0) is 13.0. The van der Waals surface area contributed by atoms with Gasteiger partial charge in [-0.05, 0) is 12.1 Å². The fourth-order valence-corrected chi connectivity index (χ4v) is 2.41. The number of hydrogen-bond donors (Lipinski definition) is 1. The van der Waals surface area contributed by atoms with Crippen LogP contribution in [-0.2, 0) is 6.54 Å². The van der Waals surface area contributed by atoms with Crippen LogP contribution in [0.2, 0.25) is 4.47 Å². The summed E-state index contributed by atoms with van der Waals surface area (Å²) in [6.45, 7) is 0.660. The Balaban J connectivity index is 2.08. The summed E-state index contributed by atoms with van der Waals surface area (Å²) in [6.07, 6.45) is 1.76. The lowest BCUT2D eigenvalue weighted by atomic mass is 10.2. The number of methoxy groups -OCH3 is 2. The number of nitrogens with zero attached hydrogens (tertiary/aromatic N) is 1. The molecule has 4 nitrogen and oxygen atoms in total. The zero-order valence-electron chi connectivity index (χ0n) is 10.1. The van der Waals surface area contributed by atoms with Crippen LogP contribution in [0.15, 0.2) is 24.4 Å². The normalized spacial score (nSPS) is 10.2. The van der Waals surface area contributed by atoms with Crippen molar-refractivity contribution >= 4 is 28.6 Å². The molecular weight excluding hydrogens is 272 g/mol. The zero-order valence-corrected chi connectivity index (χ0v) is 11.6. The quantitative estimate of drug-likeness (QED) is 0.913. The minimum absolute atomic E-state index is 0.550. The Morgan fingerprint density at radius 2 is 2.17 bits per heavy atom. The number of thiazole rings is 1. The van der Waals surface area contributed by atoms with E-state index in [9.17, 15) is 0 Å². The van der Waals surface area contributed by atoms with Crippen LogP contribution in [0, 0.1) is 0 Å². The number of nitrogens with one attached hydrogen (secondary N) is 1. The maximum atomic E-state index is 5.78. The minimum atomic E-state index is 0.550. The molecule has 0 spiro atoms. The van der Waals surface area contributed by atoms with E-state index < -0.39 is 0 Å². The number of rotatable bonds is 5. The van der Waals surface area contributed by atoms with Gasteiger partial charge in [-0.3, -0.25) is 0 Å². The first-order valence-corrected chi connectivity index (χ1v) is 6.48. The SMILES string of the molecule is COc1ccc(NCc2cnc(Cl)s2)c(OC)c1. The first-order valence-electron chi connectivity index (χ1n) is 5.29.